The Morgan fingerprint density at radius 2 is 2.00 bits per heavy atom. The maximum Gasteiger partial charge on any atom is 0.238 e. The lowest BCUT2D eigenvalue weighted by Crippen LogP contribution is -1.95. The van der Waals surface area contributed by atoms with E-state index in [9.17, 15) is 4.79 Å². The first-order valence-corrected chi connectivity index (χ1v) is 6.63. The molecule has 0 aliphatic heterocycles. The topological polar surface area (TPSA) is 30.2 Å². The predicted octanol–water partition coefficient (Wildman–Crippen LogP) is 4.49. The average Bonchev–Trinajstić information content (AvgIpc) is 2.93. The molecule has 2 nitrogen and oxygen atoms in total. The molecule has 2 aromatic heterocycles. The van der Waals surface area contributed by atoms with E-state index in [4.69, 9.17) is 4.42 Å². The van der Waals surface area contributed by atoms with Crippen molar-refractivity contribution in [2.24, 2.45) is 0 Å². The van der Waals surface area contributed by atoms with Crippen molar-refractivity contribution in [2.45, 2.75) is 0 Å². The van der Waals surface area contributed by atoms with Crippen molar-refractivity contribution in [2.75, 3.05) is 0 Å². The highest BCUT2D eigenvalue weighted by molar-refractivity contribution is 9.11. The van der Waals surface area contributed by atoms with Gasteiger partial charge in [0.05, 0.1) is 8.66 Å². The van der Waals surface area contributed by atoms with Gasteiger partial charge in [-0.05, 0) is 40.2 Å². The molecule has 0 aliphatic carbocycles. The number of carbonyl (C=O) groups excluding carboxylic acids is 1. The summed E-state index contributed by atoms with van der Waals surface area (Å²) in [6, 6.07) is 13.0. The van der Waals surface area contributed by atoms with Gasteiger partial charge in [-0.1, -0.05) is 18.2 Å². The maximum atomic E-state index is 12.1. The smallest absolute Gasteiger partial charge is 0.238 e. The van der Waals surface area contributed by atoms with Gasteiger partial charge in [-0.15, -0.1) is 11.3 Å². The molecule has 17 heavy (non-hydrogen) atoms. The van der Waals surface area contributed by atoms with Gasteiger partial charge in [-0.25, -0.2) is 0 Å². The van der Waals surface area contributed by atoms with Crippen molar-refractivity contribution in [3.63, 3.8) is 0 Å². The average molecular weight is 307 g/mol. The fourth-order valence-corrected chi connectivity index (χ4v) is 2.98. The van der Waals surface area contributed by atoms with Crippen LogP contribution in [0.3, 0.4) is 0 Å². The van der Waals surface area contributed by atoms with Crippen molar-refractivity contribution in [3.05, 3.63) is 56.9 Å². The summed E-state index contributed by atoms with van der Waals surface area (Å²) in [5, 5.41) is 0.950. The molecule has 3 rings (SSSR count). The molecule has 4 heteroatoms. The highest BCUT2D eigenvalue weighted by Gasteiger charge is 2.16. The Morgan fingerprint density at radius 1 is 1.18 bits per heavy atom. The molecule has 0 aliphatic rings. The van der Waals surface area contributed by atoms with Crippen LogP contribution in [0.4, 0.5) is 0 Å². The summed E-state index contributed by atoms with van der Waals surface area (Å²) in [5.74, 6) is 0.317. The SMILES string of the molecule is O=C(c1cc2ccccc2o1)c1ccc(Br)s1. The van der Waals surface area contributed by atoms with Gasteiger partial charge >= 0.3 is 0 Å². The van der Waals surface area contributed by atoms with Crippen LogP contribution in [-0.2, 0) is 0 Å². The summed E-state index contributed by atoms with van der Waals surface area (Å²) in [7, 11) is 0. The first kappa shape index (κ1) is 10.7. The molecule has 1 aromatic carbocycles. The number of benzene rings is 1. The van der Waals surface area contributed by atoms with Gasteiger partial charge in [-0.3, -0.25) is 4.79 Å². The molecule has 0 saturated heterocycles. The van der Waals surface area contributed by atoms with Gasteiger partial charge in [-0.2, -0.15) is 0 Å². The standard InChI is InChI=1S/C13H7BrO2S/c14-12-6-5-11(17-12)13(15)10-7-8-3-1-2-4-9(8)16-10/h1-7H. The molecule has 0 amide bonds. The van der Waals surface area contributed by atoms with Gasteiger partial charge in [0.1, 0.15) is 5.58 Å². The molecule has 84 valence electrons. The lowest BCUT2D eigenvalue weighted by Gasteiger charge is -1.90. The Labute approximate surface area is 110 Å². The van der Waals surface area contributed by atoms with Crippen molar-refractivity contribution in [3.8, 4) is 0 Å². The number of hydrogen-bond acceptors (Lipinski definition) is 3. The van der Waals surface area contributed by atoms with Crippen LogP contribution in [-0.4, -0.2) is 5.78 Å². The maximum absolute atomic E-state index is 12.1. The molecule has 0 fully saturated rings. The van der Waals surface area contributed by atoms with Crippen LogP contribution < -0.4 is 0 Å². The minimum absolute atomic E-state index is 0.0723. The van der Waals surface area contributed by atoms with Crippen LogP contribution in [0.2, 0.25) is 0 Å². The van der Waals surface area contributed by atoms with E-state index in [1.807, 2.05) is 30.3 Å². The molecule has 0 bridgehead atoms. The normalized spacial score (nSPS) is 10.9. The van der Waals surface area contributed by atoms with Crippen molar-refractivity contribution in [1.29, 1.82) is 0 Å². The Hall–Kier alpha value is -1.39. The van der Waals surface area contributed by atoms with E-state index in [1.54, 1.807) is 12.1 Å². The summed E-state index contributed by atoms with van der Waals surface area (Å²) in [6.45, 7) is 0. The highest BCUT2D eigenvalue weighted by Crippen LogP contribution is 2.26. The van der Waals surface area contributed by atoms with Crippen LogP contribution in [0.25, 0.3) is 11.0 Å². The number of fused-ring (bicyclic) bond motifs is 1. The summed E-state index contributed by atoms with van der Waals surface area (Å²) in [5.41, 5.74) is 0.742. The second-order valence-electron chi connectivity index (χ2n) is 3.58. The van der Waals surface area contributed by atoms with Crippen molar-refractivity contribution in [1.82, 2.24) is 0 Å². The molecule has 3 aromatic rings. The third kappa shape index (κ3) is 1.94. The van der Waals surface area contributed by atoms with Gasteiger partial charge in [0, 0.05) is 5.39 Å². The van der Waals surface area contributed by atoms with Crippen LogP contribution in [0.1, 0.15) is 15.4 Å². The monoisotopic (exact) mass is 306 g/mol. The lowest BCUT2D eigenvalue weighted by molar-refractivity contribution is 0.101. The van der Waals surface area contributed by atoms with Gasteiger partial charge < -0.3 is 4.42 Å². The van der Waals surface area contributed by atoms with E-state index in [1.165, 1.54) is 11.3 Å². The van der Waals surface area contributed by atoms with Crippen LogP contribution in [0.5, 0.6) is 0 Å². The third-order valence-electron chi connectivity index (χ3n) is 2.45. The summed E-state index contributed by atoms with van der Waals surface area (Å²) < 4.78 is 6.48. The second-order valence-corrected chi connectivity index (χ2v) is 6.04. The summed E-state index contributed by atoms with van der Waals surface area (Å²) >= 11 is 4.75. The Balaban J connectivity index is 2.06. The van der Waals surface area contributed by atoms with Crippen LogP contribution in [0, 0.1) is 0 Å². The third-order valence-corrected chi connectivity index (χ3v) is 4.07. The lowest BCUT2D eigenvalue weighted by atomic mass is 10.2. The minimum atomic E-state index is -0.0723. The van der Waals surface area contributed by atoms with E-state index in [-0.39, 0.29) is 5.78 Å². The number of furan rings is 1. The van der Waals surface area contributed by atoms with Gasteiger partial charge in [0.25, 0.3) is 0 Å². The Kier molecular flexibility index (Phi) is 2.61. The molecular weight excluding hydrogens is 300 g/mol. The van der Waals surface area contributed by atoms with Gasteiger partial charge in [0.15, 0.2) is 5.76 Å². The molecule has 0 radical (unpaired) electrons. The molecule has 0 unspecified atom stereocenters. The predicted molar refractivity (Wildman–Crippen MR) is 71.7 cm³/mol. The van der Waals surface area contributed by atoms with Crippen molar-refractivity contribution < 1.29 is 9.21 Å². The molecular formula is C13H7BrO2S. The van der Waals surface area contributed by atoms with E-state index >= 15 is 0 Å². The van der Waals surface area contributed by atoms with Gasteiger partial charge in [0.2, 0.25) is 5.78 Å². The molecule has 0 saturated carbocycles. The second kappa shape index (κ2) is 4.13. The first-order chi connectivity index (χ1) is 8.24. The number of carbonyl (C=O) groups is 1. The Bertz CT molecular complexity index is 663. The number of rotatable bonds is 2. The van der Waals surface area contributed by atoms with Crippen LogP contribution >= 0.6 is 27.3 Å². The fraction of sp³-hybridized carbons (Fsp3) is 0. The minimum Gasteiger partial charge on any atom is -0.453 e. The van der Waals surface area contributed by atoms with Crippen molar-refractivity contribution >= 4 is 44.0 Å². The largest absolute Gasteiger partial charge is 0.453 e. The quantitative estimate of drug-likeness (QED) is 0.653. The molecule has 0 atom stereocenters. The Morgan fingerprint density at radius 3 is 2.71 bits per heavy atom. The highest BCUT2D eigenvalue weighted by atomic mass is 79.9. The molecule has 2 heterocycles. The summed E-state index contributed by atoms with van der Waals surface area (Å²) in [6.07, 6.45) is 0. The van der Waals surface area contributed by atoms with E-state index < -0.39 is 0 Å². The van der Waals surface area contributed by atoms with E-state index in [0.717, 1.165) is 14.8 Å². The fourth-order valence-electron chi connectivity index (χ4n) is 1.65. The number of para-hydroxylation sites is 1. The van der Waals surface area contributed by atoms with E-state index in [0.29, 0.717) is 10.6 Å². The molecule has 0 N–H and O–H groups in total. The van der Waals surface area contributed by atoms with Crippen LogP contribution in [0.15, 0.2) is 50.7 Å². The zero-order chi connectivity index (χ0) is 11.8. The molecule has 0 spiro atoms. The first-order valence-electron chi connectivity index (χ1n) is 5.02. The zero-order valence-corrected chi connectivity index (χ0v) is 11.0. The summed E-state index contributed by atoms with van der Waals surface area (Å²) in [4.78, 5) is 12.8. The number of hydrogen-bond donors (Lipinski definition) is 0. The number of thiophene rings is 1. The number of halogens is 1. The van der Waals surface area contributed by atoms with E-state index in [2.05, 4.69) is 15.9 Å². The zero-order valence-electron chi connectivity index (χ0n) is 8.64. The number of ketones is 1.